The van der Waals surface area contributed by atoms with E-state index in [0.29, 0.717) is 27.9 Å². The number of fused-ring (bicyclic) bond motifs is 1. The zero-order valence-electron chi connectivity index (χ0n) is 16.3. The van der Waals surface area contributed by atoms with Crippen molar-refractivity contribution in [1.82, 2.24) is 9.88 Å². The van der Waals surface area contributed by atoms with Gasteiger partial charge in [-0.05, 0) is 67.2 Å². The summed E-state index contributed by atoms with van der Waals surface area (Å²) in [4.78, 5) is 20.4. The maximum Gasteiger partial charge on any atom is 0.353 e. The molecule has 1 aromatic carbocycles. The van der Waals surface area contributed by atoms with E-state index in [9.17, 15) is 4.79 Å². The third-order valence-electron chi connectivity index (χ3n) is 5.42. The number of unbranched alkanes of at least 4 members (excludes halogenated alkanes) is 1. The highest BCUT2D eigenvalue weighted by Gasteiger charge is 2.30. The number of pyridine rings is 1. The van der Waals surface area contributed by atoms with Gasteiger partial charge in [0, 0.05) is 19.3 Å². The van der Waals surface area contributed by atoms with Crippen molar-refractivity contribution in [2.24, 2.45) is 0 Å². The van der Waals surface area contributed by atoms with Crippen LogP contribution in [0.15, 0.2) is 66.2 Å². The molecule has 29 heavy (non-hydrogen) atoms. The Balaban J connectivity index is 1.27. The SMILES string of the molecule is O=C1c2ccccc2OC=C(Cl)[NH+]1CCCCN1CC=C(c2ccccn2)CC1. The number of nitrogens with zero attached hydrogens (tertiary/aromatic N) is 2. The summed E-state index contributed by atoms with van der Waals surface area (Å²) in [5.41, 5.74) is 2.99. The molecule has 2 aliphatic rings. The molecule has 0 radical (unpaired) electrons. The predicted octanol–water partition coefficient (Wildman–Crippen LogP) is 3.11. The average Bonchev–Trinajstić information content (AvgIpc) is 2.89. The van der Waals surface area contributed by atoms with Crippen molar-refractivity contribution in [1.29, 1.82) is 0 Å². The van der Waals surface area contributed by atoms with Crippen LogP contribution in [0.25, 0.3) is 5.57 Å². The lowest BCUT2D eigenvalue weighted by Crippen LogP contribution is -3.12. The maximum absolute atomic E-state index is 12.8. The third-order valence-corrected chi connectivity index (χ3v) is 5.74. The molecular weight excluding hydrogens is 386 g/mol. The van der Waals surface area contributed by atoms with E-state index < -0.39 is 0 Å². The Morgan fingerprint density at radius 3 is 2.79 bits per heavy atom. The second-order valence-corrected chi connectivity index (χ2v) is 7.75. The molecule has 0 bridgehead atoms. The number of nitrogens with one attached hydrogen (secondary N) is 1. The van der Waals surface area contributed by atoms with Crippen molar-refractivity contribution in [2.75, 3.05) is 26.2 Å². The number of rotatable bonds is 6. The first-order valence-electron chi connectivity index (χ1n) is 10.1. The molecule has 1 unspecified atom stereocenters. The zero-order chi connectivity index (χ0) is 20.1. The van der Waals surface area contributed by atoms with Crippen LogP contribution >= 0.6 is 11.6 Å². The summed E-state index contributed by atoms with van der Waals surface area (Å²) < 4.78 is 5.55. The number of aromatic nitrogens is 1. The number of amides is 1. The summed E-state index contributed by atoms with van der Waals surface area (Å²) in [6.45, 7) is 3.67. The number of halogens is 1. The molecule has 1 aromatic heterocycles. The zero-order valence-corrected chi connectivity index (χ0v) is 17.1. The molecule has 0 spiro atoms. The largest absolute Gasteiger partial charge is 0.457 e. The third kappa shape index (κ3) is 4.75. The summed E-state index contributed by atoms with van der Waals surface area (Å²) in [5, 5.41) is 0.409. The van der Waals surface area contributed by atoms with Gasteiger partial charge in [-0.25, -0.2) is 9.69 Å². The van der Waals surface area contributed by atoms with Gasteiger partial charge in [0.25, 0.3) is 0 Å². The summed E-state index contributed by atoms with van der Waals surface area (Å²) in [7, 11) is 0. The molecular formula is C23H25ClN3O2+. The second kappa shape index (κ2) is 9.35. The van der Waals surface area contributed by atoms with E-state index in [-0.39, 0.29) is 5.91 Å². The van der Waals surface area contributed by atoms with E-state index in [0.717, 1.165) is 44.6 Å². The van der Waals surface area contributed by atoms with E-state index in [4.69, 9.17) is 16.3 Å². The van der Waals surface area contributed by atoms with Crippen molar-refractivity contribution in [3.63, 3.8) is 0 Å². The van der Waals surface area contributed by atoms with E-state index in [2.05, 4.69) is 22.0 Å². The van der Waals surface area contributed by atoms with Crippen LogP contribution < -0.4 is 9.64 Å². The molecule has 0 saturated carbocycles. The van der Waals surface area contributed by atoms with Gasteiger partial charge in [0.05, 0.1) is 12.2 Å². The second-order valence-electron chi connectivity index (χ2n) is 7.34. The smallest absolute Gasteiger partial charge is 0.353 e. The molecule has 4 rings (SSSR count). The Morgan fingerprint density at radius 1 is 1.14 bits per heavy atom. The van der Waals surface area contributed by atoms with Crippen molar-refractivity contribution < 1.29 is 14.4 Å². The van der Waals surface area contributed by atoms with E-state index in [1.165, 1.54) is 11.8 Å². The Morgan fingerprint density at radius 2 is 2.00 bits per heavy atom. The number of hydrogen-bond acceptors (Lipinski definition) is 4. The lowest BCUT2D eigenvalue weighted by molar-refractivity contribution is -0.764. The molecule has 2 aromatic rings. The number of quaternary nitrogens is 1. The van der Waals surface area contributed by atoms with Crippen molar-refractivity contribution in [3.05, 3.63) is 77.4 Å². The lowest BCUT2D eigenvalue weighted by Gasteiger charge is -2.26. The van der Waals surface area contributed by atoms with Crippen LogP contribution in [0.5, 0.6) is 5.75 Å². The minimum absolute atomic E-state index is 0.0275. The van der Waals surface area contributed by atoms with E-state index in [1.807, 2.05) is 30.5 Å². The van der Waals surface area contributed by atoms with Crippen molar-refractivity contribution >= 4 is 23.1 Å². The van der Waals surface area contributed by atoms with Crippen LogP contribution in [-0.4, -0.2) is 42.0 Å². The van der Waals surface area contributed by atoms with Crippen molar-refractivity contribution in [3.8, 4) is 5.75 Å². The Hall–Kier alpha value is -2.47. The Kier molecular flexibility index (Phi) is 6.39. The minimum atomic E-state index is -0.0275. The quantitative estimate of drug-likeness (QED) is 0.587. The van der Waals surface area contributed by atoms with Gasteiger partial charge in [-0.1, -0.05) is 24.3 Å². The normalized spacial score (nSPS) is 19.6. The Bertz CT molecular complexity index is 927. The van der Waals surface area contributed by atoms with Crippen LogP contribution in [0.1, 0.15) is 35.3 Å². The molecule has 0 fully saturated rings. The van der Waals surface area contributed by atoms with Gasteiger partial charge in [-0.15, -0.1) is 0 Å². The topological polar surface area (TPSA) is 46.9 Å². The van der Waals surface area contributed by atoms with Gasteiger partial charge in [-0.3, -0.25) is 9.88 Å². The summed E-state index contributed by atoms with van der Waals surface area (Å²) in [5.74, 6) is 0.537. The van der Waals surface area contributed by atoms with Crippen LogP contribution in [0, 0.1) is 0 Å². The van der Waals surface area contributed by atoms with Gasteiger partial charge >= 0.3 is 5.91 Å². The lowest BCUT2D eigenvalue weighted by atomic mass is 10.0. The highest BCUT2D eigenvalue weighted by atomic mass is 35.5. The first-order chi connectivity index (χ1) is 14.2. The van der Waals surface area contributed by atoms with Gasteiger partial charge in [0.1, 0.15) is 11.3 Å². The van der Waals surface area contributed by atoms with Crippen LogP contribution in [0.3, 0.4) is 0 Å². The summed E-state index contributed by atoms with van der Waals surface area (Å²) in [6.07, 6.45) is 8.57. The molecule has 1 N–H and O–H groups in total. The fourth-order valence-electron chi connectivity index (χ4n) is 3.78. The standard InChI is InChI=1S/C23H24ClN3O2/c24-22-17-29-21-9-2-1-7-19(21)23(28)27(22)14-6-5-13-26-15-10-18(11-16-26)20-8-3-4-12-25-20/h1-4,7-10,12,17H,5-6,11,13-16H2/p+1. The molecule has 3 heterocycles. The van der Waals surface area contributed by atoms with Gasteiger partial charge in [0.2, 0.25) is 5.16 Å². The number of carbonyl (C=O) groups excluding carboxylic acids is 1. The highest BCUT2D eigenvalue weighted by molar-refractivity contribution is 6.28. The maximum atomic E-state index is 12.8. The van der Waals surface area contributed by atoms with E-state index in [1.54, 1.807) is 12.1 Å². The van der Waals surface area contributed by atoms with Gasteiger partial charge in [-0.2, -0.15) is 0 Å². The first-order valence-corrected chi connectivity index (χ1v) is 10.5. The molecule has 1 atom stereocenters. The first kappa shape index (κ1) is 19.8. The molecule has 0 saturated heterocycles. The average molecular weight is 411 g/mol. The number of para-hydroxylation sites is 1. The van der Waals surface area contributed by atoms with Gasteiger partial charge in [0.15, 0.2) is 6.26 Å². The molecule has 6 heteroatoms. The predicted molar refractivity (Wildman–Crippen MR) is 114 cm³/mol. The summed E-state index contributed by atoms with van der Waals surface area (Å²) in [6, 6.07) is 13.3. The highest BCUT2D eigenvalue weighted by Crippen LogP contribution is 2.21. The van der Waals surface area contributed by atoms with Crippen LogP contribution in [-0.2, 0) is 0 Å². The van der Waals surface area contributed by atoms with Gasteiger partial charge < -0.3 is 4.74 Å². The minimum Gasteiger partial charge on any atom is -0.457 e. The van der Waals surface area contributed by atoms with Crippen LogP contribution in [0.2, 0.25) is 0 Å². The van der Waals surface area contributed by atoms with Crippen LogP contribution in [0.4, 0.5) is 0 Å². The number of benzene rings is 1. The number of hydrogen-bond donors (Lipinski definition) is 1. The van der Waals surface area contributed by atoms with Crippen molar-refractivity contribution in [2.45, 2.75) is 19.3 Å². The fourth-order valence-corrected chi connectivity index (χ4v) is 4.01. The van der Waals surface area contributed by atoms with E-state index >= 15 is 0 Å². The Labute approximate surface area is 176 Å². The monoisotopic (exact) mass is 410 g/mol. The fraction of sp³-hybridized carbons (Fsp3) is 0.304. The molecule has 5 nitrogen and oxygen atoms in total. The molecule has 0 aliphatic carbocycles. The molecule has 150 valence electrons. The summed E-state index contributed by atoms with van der Waals surface area (Å²) >= 11 is 6.33. The molecule has 2 aliphatic heterocycles. The molecule has 1 amide bonds. The number of ether oxygens (including phenoxy) is 1. The number of carbonyl (C=O) groups is 1.